The van der Waals surface area contributed by atoms with Gasteiger partial charge in [-0.15, -0.1) is 0 Å². The van der Waals surface area contributed by atoms with Gasteiger partial charge in [0.1, 0.15) is 0 Å². The minimum atomic E-state index is -4.47. The third-order valence-electron chi connectivity index (χ3n) is 3.38. The fraction of sp³-hybridized carbons (Fsp3) is 0.250. The first kappa shape index (κ1) is 17.5. The first-order chi connectivity index (χ1) is 10.6. The SMILES string of the molecule is Cc1ccc(S(=O)(=O)N[C@@H](C)c2cccc(C(F)(F)F)c2)cc1. The zero-order chi connectivity index (χ0) is 17.3. The highest BCUT2D eigenvalue weighted by Gasteiger charge is 2.31. The van der Waals surface area contributed by atoms with Crippen molar-refractivity contribution >= 4 is 10.0 Å². The second kappa shape index (κ2) is 6.33. The number of halogens is 3. The van der Waals surface area contributed by atoms with Gasteiger partial charge in [-0.25, -0.2) is 13.1 Å². The smallest absolute Gasteiger partial charge is 0.207 e. The summed E-state index contributed by atoms with van der Waals surface area (Å²) in [6.07, 6.45) is -4.47. The summed E-state index contributed by atoms with van der Waals surface area (Å²) in [6, 6.07) is 10.0. The van der Waals surface area contributed by atoms with Crippen molar-refractivity contribution in [1.82, 2.24) is 4.72 Å². The van der Waals surface area contributed by atoms with E-state index in [2.05, 4.69) is 4.72 Å². The summed E-state index contributed by atoms with van der Waals surface area (Å²) in [7, 11) is -3.80. The highest BCUT2D eigenvalue weighted by molar-refractivity contribution is 7.89. The van der Waals surface area contributed by atoms with Crippen LogP contribution < -0.4 is 4.72 Å². The molecule has 0 fully saturated rings. The average Bonchev–Trinajstić information content (AvgIpc) is 2.46. The van der Waals surface area contributed by atoms with Crippen molar-refractivity contribution in [3.05, 3.63) is 65.2 Å². The fourth-order valence-electron chi connectivity index (χ4n) is 2.07. The second-order valence-electron chi connectivity index (χ2n) is 5.28. The molecule has 0 amide bonds. The standard InChI is InChI=1S/C16H16F3NO2S/c1-11-6-8-15(9-7-11)23(21,22)20-12(2)13-4-3-5-14(10-13)16(17,18)19/h3-10,12,20H,1-2H3/t12-/m0/s1. The predicted octanol–water partition coefficient (Wildman–Crippen LogP) is 4.05. The minimum absolute atomic E-state index is 0.0712. The van der Waals surface area contributed by atoms with Crippen LogP contribution in [-0.4, -0.2) is 8.42 Å². The van der Waals surface area contributed by atoms with Gasteiger partial charge in [0.15, 0.2) is 0 Å². The predicted molar refractivity (Wildman–Crippen MR) is 81.4 cm³/mol. The fourth-order valence-corrected chi connectivity index (χ4v) is 3.30. The van der Waals surface area contributed by atoms with E-state index in [-0.39, 0.29) is 10.5 Å². The van der Waals surface area contributed by atoms with Gasteiger partial charge in [0.05, 0.1) is 10.5 Å². The van der Waals surface area contributed by atoms with Gasteiger partial charge in [0.25, 0.3) is 0 Å². The number of rotatable bonds is 4. The number of aryl methyl sites for hydroxylation is 1. The molecule has 1 atom stereocenters. The molecule has 0 aliphatic carbocycles. The van der Waals surface area contributed by atoms with Gasteiger partial charge >= 0.3 is 6.18 Å². The number of nitrogens with one attached hydrogen (secondary N) is 1. The monoisotopic (exact) mass is 343 g/mol. The maximum atomic E-state index is 12.7. The molecule has 0 bridgehead atoms. The molecule has 0 heterocycles. The molecule has 0 spiro atoms. The Hall–Kier alpha value is -1.86. The highest BCUT2D eigenvalue weighted by Crippen LogP contribution is 2.31. The lowest BCUT2D eigenvalue weighted by molar-refractivity contribution is -0.137. The lowest BCUT2D eigenvalue weighted by Crippen LogP contribution is -2.27. The molecule has 7 heteroatoms. The normalized spacial score (nSPS) is 13.8. The molecule has 0 aliphatic heterocycles. The van der Waals surface area contributed by atoms with E-state index < -0.39 is 27.8 Å². The lowest BCUT2D eigenvalue weighted by atomic mass is 10.1. The molecule has 3 nitrogen and oxygen atoms in total. The maximum absolute atomic E-state index is 12.7. The Labute approximate surface area is 133 Å². The lowest BCUT2D eigenvalue weighted by Gasteiger charge is -2.16. The number of benzene rings is 2. The van der Waals surface area contributed by atoms with E-state index in [1.807, 2.05) is 6.92 Å². The molecule has 1 N–H and O–H groups in total. The molecule has 124 valence electrons. The van der Waals surface area contributed by atoms with Crippen LogP contribution in [0.1, 0.15) is 29.7 Å². The van der Waals surface area contributed by atoms with Crippen molar-refractivity contribution in [2.45, 2.75) is 31.0 Å². The molecule has 0 saturated carbocycles. The van der Waals surface area contributed by atoms with Crippen LogP contribution in [0.15, 0.2) is 53.4 Å². The van der Waals surface area contributed by atoms with Crippen LogP contribution in [0.25, 0.3) is 0 Å². The molecule has 0 saturated heterocycles. The zero-order valence-electron chi connectivity index (χ0n) is 12.6. The van der Waals surface area contributed by atoms with Crippen molar-refractivity contribution in [3.63, 3.8) is 0 Å². The van der Waals surface area contributed by atoms with Crippen molar-refractivity contribution in [1.29, 1.82) is 0 Å². The number of sulfonamides is 1. The van der Waals surface area contributed by atoms with Gasteiger partial charge in [-0.3, -0.25) is 0 Å². The van der Waals surface area contributed by atoms with E-state index in [1.54, 1.807) is 12.1 Å². The topological polar surface area (TPSA) is 46.2 Å². The van der Waals surface area contributed by atoms with E-state index >= 15 is 0 Å². The van der Waals surface area contributed by atoms with Crippen LogP contribution in [0.5, 0.6) is 0 Å². The van der Waals surface area contributed by atoms with Crippen molar-refractivity contribution < 1.29 is 21.6 Å². The minimum Gasteiger partial charge on any atom is -0.207 e. The van der Waals surface area contributed by atoms with Crippen LogP contribution in [0.3, 0.4) is 0 Å². The Morgan fingerprint density at radius 1 is 1.04 bits per heavy atom. The maximum Gasteiger partial charge on any atom is 0.416 e. The van der Waals surface area contributed by atoms with Crippen LogP contribution in [-0.2, 0) is 16.2 Å². The molecular weight excluding hydrogens is 327 g/mol. The highest BCUT2D eigenvalue weighted by atomic mass is 32.2. The molecular formula is C16H16F3NO2S. The van der Waals surface area contributed by atoms with Gasteiger partial charge in [-0.05, 0) is 43.7 Å². The van der Waals surface area contributed by atoms with E-state index in [0.29, 0.717) is 0 Å². The molecule has 0 aromatic heterocycles. The van der Waals surface area contributed by atoms with E-state index in [1.165, 1.54) is 31.2 Å². The Morgan fingerprint density at radius 2 is 1.65 bits per heavy atom. The summed E-state index contributed by atoms with van der Waals surface area (Å²) in [6.45, 7) is 3.33. The molecule has 0 aliphatic rings. The number of alkyl halides is 3. The van der Waals surface area contributed by atoms with Crippen molar-refractivity contribution in [2.24, 2.45) is 0 Å². The largest absolute Gasteiger partial charge is 0.416 e. The molecule has 0 radical (unpaired) electrons. The third-order valence-corrected chi connectivity index (χ3v) is 4.93. The Bertz CT molecular complexity index is 784. The third kappa shape index (κ3) is 4.33. The quantitative estimate of drug-likeness (QED) is 0.910. The van der Waals surface area contributed by atoms with E-state index in [0.717, 1.165) is 17.7 Å². The van der Waals surface area contributed by atoms with Crippen LogP contribution >= 0.6 is 0 Å². The van der Waals surface area contributed by atoms with Gasteiger partial charge < -0.3 is 0 Å². The van der Waals surface area contributed by atoms with Crippen LogP contribution in [0.2, 0.25) is 0 Å². The van der Waals surface area contributed by atoms with E-state index in [9.17, 15) is 21.6 Å². The van der Waals surface area contributed by atoms with Crippen LogP contribution in [0.4, 0.5) is 13.2 Å². The molecule has 2 aromatic carbocycles. The summed E-state index contributed by atoms with van der Waals surface area (Å²) in [5.41, 5.74) is 0.349. The summed E-state index contributed by atoms with van der Waals surface area (Å²) >= 11 is 0. The molecule has 0 unspecified atom stereocenters. The van der Waals surface area contributed by atoms with E-state index in [4.69, 9.17) is 0 Å². The number of hydrogen-bond donors (Lipinski definition) is 1. The summed E-state index contributed by atoms with van der Waals surface area (Å²) < 4.78 is 65.1. The van der Waals surface area contributed by atoms with Crippen LogP contribution in [0, 0.1) is 6.92 Å². The average molecular weight is 343 g/mol. The summed E-state index contributed by atoms with van der Waals surface area (Å²) in [4.78, 5) is 0.0712. The molecule has 2 aromatic rings. The Kier molecular flexibility index (Phi) is 4.81. The molecule has 23 heavy (non-hydrogen) atoms. The summed E-state index contributed by atoms with van der Waals surface area (Å²) in [5, 5.41) is 0. The first-order valence-electron chi connectivity index (χ1n) is 6.86. The van der Waals surface area contributed by atoms with Crippen molar-refractivity contribution in [2.75, 3.05) is 0 Å². The van der Waals surface area contributed by atoms with Gasteiger partial charge in [0, 0.05) is 6.04 Å². The summed E-state index contributed by atoms with van der Waals surface area (Å²) in [5.74, 6) is 0. The van der Waals surface area contributed by atoms with Crippen molar-refractivity contribution in [3.8, 4) is 0 Å². The first-order valence-corrected chi connectivity index (χ1v) is 8.34. The van der Waals surface area contributed by atoms with Gasteiger partial charge in [-0.2, -0.15) is 13.2 Å². The molecule has 2 rings (SSSR count). The van der Waals surface area contributed by atoms with Gasteiger partial charge in [-0.1, -0.05) is 29.8 Å². The number of hydrogen-bond acceptors (Lipinski definition) is 2. The zero-order valence-corrected chi connectivity index (χ0v) is 13.4. The second-order valence-corrected chi connectivity index (χ2v) is 6.99. The Balaban J connectivity index is 2.24. The van der Waals surface area contributed by atoms with Gasteiger partial charge in [0.2, 0.25) is 10.0 Å². The Morgan fingerprint density at radius 3 is 2.22 bits per heavy atom.